The van der Waals surface area contributed by atoms with E-state index in [4.69, 9.17) is 10.8 Å². The van der Waals surface area contributed by atoms with Gasteiger partial charge in [-0.25, -0.2) is 8.78 Å². The Morgan fingerprint density at radius 1 is 1.55 bits per heavy atom. The van der Waals surface area contributed by atoms with Crippen LogP contribution in [0.3, 0.4) is 0 Å². The summed E-state index contributed by atoms with van der Waals surface area (Å²) in [5.41, 5.74) is 5.19. The highest BCUT2D eigenvalue weighted by molar-refractivity contribution is 5.71. The Kier molecular flexibility index (Phi) is 1.83. The summed E-state index contributed by atoms with van der Waals surface area (Å²) in [6.45, 7) is 0. The van der Waals surface area contributed by atoms with E-state index in [9.17, 15) is 13.6 Å². The van der Waals surface area contributed by atoms with Crippen molar-refractivity contribution in [2.24, 2.45) is 11.7 Å². The average Bonchev–Trinajstić information content (AvgIpc) is 2.05. The van der Waals surface area contributed by atoms with Gasteiger partial charge in [0.05, 0.1) is 5.92 Å². The number of alkyl halides is 2. The first-order valence-electron chi connectivity index (χ1n) is 3.28. The first-order valence-corrected chi connectivity index (χ1v) is 3.28. The van der Waals surface area contributed by atoms with Crippen LogP contribution in [-0.2, 0) is 4.79 Å². The van der Waals surface area contributed by atoms with Gasteiger partial charge in [0.25, 0.3) is 5.92 Å². The monoisotopic (exact) mass is 165 g/mol. The fourth-order valence-electron chi connectivity index (χ4n) is 1.31. The predicted molar refractivity (Wildman–Crippen MR) is 33.3 cm³/mol. The van der Waals surface area contributed by atoms with Gasteiger partial charge in [-0.3, -0.25) is 4.79 Å². The smallest absolute Gasteiger partial charge is 0.308 e. The van der Waals surface area contributed by atoms with Crippen molar-refractivity contribution in [2.75, 3.05) is 0 Å². The van der Waals surface area contributed by atoms with E-state index in [1.165, 1.54) is 0 Å². The second-order valence-electron chi connectivity index (χ2n) is 2.87. The van der Waals surface area contributed by atoms with Crippen LogP contribution < -0.4 is 5.73 Å². The number of nitrogens with two attached hydrogens (primary N) is 1. The first-order chi connectivity index (χ1) is 4.92. The number of hydrogen-bond donors (Lipinski definition) is 2. The molecule has 0 radical (unpaired) electrons. The van der Waals surface area contributed by atoms with E-state index < -0.39 is 36.7 Å². The fourth-order valence-corrected chi connectivity index (χ4v) is 1.31. The number of carboxylic acids is 1. The zero-order valence-corrected chi connectivity index (χ0v) is 5.76. The summed E-state index contributed by atoms with van der Waals surface area (Å²) in [4.78, 5) is 10.3. The van der Waals surface area contributed by atoms with E-state index in [0.717, 1.165) is 0 Å². The van der Waals surface area contributed by atoms with E-state index in [1.807, 2.05) is 0 Å². The molecule has 0 aromatic heterocycles. The minimum absolute atomic E-state index is 0.510. The number of carbonyl (C=O) groups is 1. The standard InChI is InChI=1S/C6H9F2NO2/c7-6(8)1-3(5(10)11)4(9)2-6/h3-4H,1-2,9H2,(H,10,11)/t3-,4+/m0/s1. The van der Waals surface area contributed by atoms with Crippen molar-refractivity contribution in [1.82, 2.24) is 0 Å². The van der Waals surface area contributed by atoms with Gasteiger partial charge in [0.15, 0.2) is 0 Å². The van der Waals surface area contributed by atoms with Gasteiger partial charge in [0, 0.05) is 18.9 Å². The van der Waals surface area contributed by atoms with Gasteiger partial charge in [0.2, 0.25) is 0 Å². The molecule has 0 heterocycles. The molecule has 0 bridgehead atoms. The summed E-state index contributed by atoms with van der Waals surface area (Å²) < 4.78 is 24.9. The molecule has 0 aromatic rings. The van der Waals surface area contributed by atoms with E-state index in [1.54, 1.807) is 0 Å². The number of carboxylic acid groups (broad SMARTS) is 1. The lowest BCUT2D eigenvalue weighted by Crippen LogP contribution is -2.30. The largest absolute Gasteiger partial charge is 0.481 e. The second kappa shape index (κ2) is 2.41. The first kappa shape index (κ1) is 8.39. The maximum Gasteiger partial charge on any atom is 0.308 e. The Morgan fingerprint density at radius 2 is 2.09 bits per heavy atom. The molecule has 1 rings (SSSR count). The molecular weight excluding hydrogens is 156 g/mol. The zero-order chi connectivity index (χ0) is 8.65. The summed E-state index contributed by atoms with van der Waals surface area (Å²) >= 11 is 0. The van der Waals surface area contributed by atoms with Crippen LogP contribution in [-0.4, -0.2) is 23.0 Å². The molecule has 3 nitrogen and oxygen atoms in total. The summed E-state index contributed by atoms with van der Waals surface area (Å²) in [7, 11) is 0. The van der Waals surface area contributed by atoms with Crippen molar-refractivity contribution in [2.45, 2.75) is 24.8 Å². The van der Waals surface area contributed by atoms with E-state index in [2.05, 4.69) is 0 Å². The minimum Gasteiger partial charge on any atom is -0.481 e. The van der Waals surface area contributed by atoms with Crippen molar-refractivity contribution >= 4 is 5.97 Å². The third kappa shape index (κ3) is 1.65. The molecule has 64 valence electrons. The van der Waals surface area contributed by atoms with Crippen LogP contribution in [0.2, 0.25) is 0 Å². The van der Waals surface area contributed by atoms with Crippen LogP contribution >= 0.6 is 0 Å². The Hall–Kier alpha value is -0.710. The highest BCUT2D eigenvalue weighted by atomic mass is 19.3. The molecule has 1 aliphatic carbocycles. The quantitative estimate of drug-likeness (QED) is 0.592. The summed E-state index contributed by atoms with van der Waals surface area (Å²) in [5.74, 6) is -5.19. The van der Waals surface area contributed by atoms with Crippen LogP contribution in [0.1, 0.15) is 12.8 Å². The van der Waals surface area contributed by atoms with Crippen molar-refractivity contribution < 1.29 is 18.7 Å². The Bertz CT molecular complexity index is 183. The van der Waals surface area contributed by atoms with Gasteiger partial charge >= 0.3 is 5.97 Å². The molecular formula is C6H9F2NO2. The molecule has 1 aliphatic rings. The fraction of sp³-hybridized carbons (Fsp3) is 0.833. The van der Waals surface area contributed by atoms with Gasteiger partial charge in [-0.1, -0.05) is 0 Å². The normalized spacial score (nSPS) is 35.5. The SMILES string of the molecule is N[C@@H]1CC(F)(F)C[C@@H]1C(=O)O. The molecule has 11 heavy (non-hydrogen) atoms. The van der Waals surface area contributed by atoms with Crippen molar-refractivity contribution in [3.8, 4) is 0 Å². The molecule has 3 N–H and O–H groups in total. The maximum atomic E-state index is 12.5. The highest BCUT2D eigenvalue weighted by Gasteiger charge is 2.47. The lowest BCUT2D eigenvalue weighted by Gasteiger charge is -2.06. The van der Waals surface area contributed by atoms with E-state index in [0.29, 0.717) is 0 Å². The minimum atomic E-state index is -2.89. The van der Waals surface area contributed by atoms with E-state index in [-0.39, 0.29) is 0 Å². The Balaban J connectivity index is 2.66. The van der Waals surface area contributed by atoms with Crippen LogP contribution in [0, 0.1) is 5.92 Å². The maximum absolute atomic E-state index is 12.5. The summed E-state index contributed by atoms with van der Waals surface area (Å²) in [5, 5.41) is 8.40. The lowest BCUT2D eigenvalue weighted by atomic mass is 10.1. The Labute approximate surface area is 62.2 Å². The van der Waals surface area contributed by atoms with Gasteiger partial charge in [-0.2, -0.15) is 0 Å². The second-order valence-corrected chi connectivity index (χ2v) is 2.87. The Morgan fingerprint density at radius 3 is 2.27 bits per heavy atom. The molecule has 0 aliphatic heterocycles. The zero-order valence-electron chi connectivity index (χ0n) is 5.76. The topological polar surface area (TPSA) is 63.3 Å². The molecule has 0 unspecified atom stereocenters. The van der Waals surface area contributed by atoms with Gasteiger partial charge in [-0.15, -0.1) is 0 Å². The van der Waals surface area contributed by atoms with Crippen LogP contribution in [0.5, 0.6) is 0 Å². The number of rotatable bonds is 1. The molecule has 0 spiro atoms. The number of hydrogen-bond acceptors (Lipinski definition) is 2. The highest BCUT2D eigenvalue weighted by Crippen LogP contribution is 2.38. The molecule has 1 saturated carbocycles. The summed E-state index contributed by atoms with van der Waals surface area (Å²) in [6.07, 6.45) is -1.13. The molecule has 1 fully saturated rings. The van der Waals surface area contributed by atoms with Crippen LogP contribution in [0.15, 0.2) is 0 Å². The molecule has 0 saturated heterocycles. The average molecular weight is 165 g/mol. The van der Waals surface area contributed by atoms with Gasteiger partial charge < -0.3 is 10.8 Å². The van der Waals surface area contributed by atoms with Gasteiger partial charge in [0.1, 0.15) is 0 Å². The molecule has 0 aromatic carbocycles. The third-order valence-corrected chi connectivity index (χ3v) is 1.89. The van der Waals surface area contributed by atoms with Crippen LogP contribution in [0.25, 0.3) is 0 Å². The predicted octanol–water partition coefficient (Wildman–Crippen LogP) is 0.444. The van der Waals surface area contributed by atoms with Crippen molar-refractivity contribution in [1.29, 1.82) is 0 Å². The lowest BCUT2D eigenvalue weighted by molar-refractivity contribution is -0.142. The molecule has 2 atom stereocenters. The number of halogens is 2. The number of aliphatic carboxylic acids is 1. The summed E-state index contributed by atoms with van der Waals surface area (Å²) in [6, 6.07) is -0.900. The van der Waals surface area contributed by atoms with E-state index >= 15 is 0 Å². The van der Waals surface area contributed by atoms with Crippen molar-refractivity contribution in [3.05, 3.63) is 0 Å². The van der Waals surface area contributed by atoms with Gasteiger partial charge in [-0.05, 0) is 0 Å². The van der Waals surface area contributed by atoms with Crippen LogP contribution in [0.4, 0.5) is 8.78 Å². The molecule has 0 amide bonds. The molecule has 5 heteroatoms. The van der Waals surface area contributed by atoms with Crippen molar-refractivity contribution in [3.63, 3.8) is 0 Å². The third-order valence-electron chi connectivity index (χ3n) is 1.89.